The van der Waals surface area contributed by atoms with Gasteiger partial charge in [-0.1, -0.05) is 28.9 Å². The molecule has 0 N–H and O–H groups in total. The van der Waals surface area contributed by atoms with Crippen LogP contribution in [0.3, 0.4) is 0 Å². The van der Waals surface area contributed by atoms with Gasteiger partial charge in [-0.3, -0.25) is 9.69 Å². The van der Waals surface area contributed by atoms with Crippen molar-refractivity contribution < 1.29 is 9.32 Å². The molecule has 140 valence electrons. The summed E-state index contributed by atoms with van der Waals surface area (Å²) in [5, 5.41) is 4.76. The molecular weight excluding hydrogens is 382 g/mol. The Hall–Kier alpha value is -2.15. The summed E-state index contributed by atoms with van der Waals surface area (Å²) in [5.41, 5.74) is 2.02. The molecule has 1 amide bonds. The van der Waals surface area contributed by atoms with Crippen LogP contribution in [0.2, 0.25) is 5.02 Å². The van der Waals surface area contributed by atoms with Gasteiger partial charge in [0.05, 0.1) is 10.6 Å². The van der Waals surface area contributed by atoms with Crippen molar-refractivity contribution in [1.82, 2.24) is 15.0 Å². The quantitative estimate of drug-likeness (QED) is 0.653. The topological polar surface area (TPSA) is 49.6 Å². The van der Waals surface area contributed by atoms with Gasteiger partial charge in [0.2, 0.25) is 0 Å². The Morgan fingerprint density at radius 3 is 2.56 bits per heavy atom. The van der Waals surface area contributed by atoms with Gasteiger partial charge in [-0.2, -0.15) is 0 Å². The lowest BCUT2D eigenvalue weighted by Crippen LogP contribution is -2.48. The monoisotopic (exact) mass is 401 g/mol. The molecule has 0 saturated carbocycles. The largest absolute Gasteiger partial charge is 0.361 e. The van der Waals surface area contributed by atoms with Gasteiger partial charge >= 0.3 is 0 Å². The number of hydrogen-bond donors (Lipinski definition) is 0. The second-order valence-corrected chi connectivity index (χ2v) is 8.19. The van der Waals surface area contributed by atoms with Crippen LogP contribution in [0.5, 0.6) is 0 Å². The van der Waals surface area contributed by atoms with Crippen LogP contribution in [0.4, 0.5) is 0 Å². The number of carbonyl (C=O) groups is 1. The summed E-state index contributed by atoms with van der Waals surface area (Å²) in [6.45, 7) is 5.79. The van der Waals surface area contributed by atoms with Crippen LogP contribution in [0.15, 0.2) is 47.0 Å². The van der Waals surface area contributed by atoms with Crippen LogP contribution in [-0.2, 0) is 6.54 Å². The Morgan fingerprint density at radius 1 is 1.15 bits per heavy atom. The standard InChI is InChI=1S/C20H20ClN3O2S/c1-14-12-17(22-26-14)13-23-8-10-24(11-9-23)20(25)19-7-6-18(27-19)15-2-4-16(21)5-3-15/h2-7,12H,8-11,13H2,1H3. The van der Waals surface area contributed by atoms with Crippen molar-refractivity contribution in [2.75, 3.05) is 26.2 Å². The number of rotatable bonds is 4. The van der Waals surface area contributed by atoms with Gasteiger partial charge in [-0.25, -0.2) is 0 Å². The molecule has 4 rings (SSSR count). The molecule has 0 spiro atoms. The number of halogens is 1. The number of piperazine rings is 1. The second-order valence-electron chi connectivity index (χ2n) is 6.67. The van der Waals surface area contributed by atoms with Gasteiger partial charge in [-0.15, -0.1) is 11.3 Å². The summed E-state index contributed by atoms with van der Waals surface area (Å²) in [7, 11) is 0. The molecule has 0 aliphatic carbocycles. The Labute approximate surface area is 167 Å². The molecule has 1 aromatic carbocycles. The molecule has 1 saturated heterocycles. The van der Waals surface area contributed by atoms with E-state index >= 15 is 0 Å². The summed E-state index contributed by atoms with van der Waals surface area (Å²) in [4.78, 5) is 18.9. The normalized spacial score (nSPS) is 15.3. The van der Waals surface area contributed by atoms with E-state index in [4.69, 9.17) is 16.1 Å². The molecule has 1 aliphatic heterocycles. The van der Waals surface area contributed by atoms with Crippen molar-refractivity contribution in [1.29, 1.82) is 0 Å². The summed E-state index contributed by atoms with van der Waals surface area (Å²) < 4.78 is 5.12. The van der Waals surface area contributed by atoms with E-state index in [9.17, 15) is 4.79 Å². The third-order valence-corrected chi connectivity index (χ3v) is 6.04. The van der Waals surface area contributed by atoms with E-state index in [1.54, 1.807) is 0 Å². The molecule has 1 aliphatic rings. The van der Waals surface area contributed by atoms with Gasteiger partial charge in [0.15, 0.2) is 0 Å². The first kappa shape index (κ1) is 18.2. The van der Waals surface area contributed by atoms with E-state index in [-0.39, 0.29) is 5.91 Å². The van der Waals surface area contributed by atoms with Crippen LogP contribution in [0.25, 0.3) is 10.4 Å². The lowest BCUT2D eigenvalue weighted by Gasteiger charge is -2.34. The van der Waals surface area contributed by atoms with Crippen LogP contribution in [-0.4, -0.2) is 47.0 Å². The van der Waals surface area contributed by atoms with Crippen LogP contribution in [0, 0.1) is 6.92 Å². The lowest BCUT2D eigenvalue weighted by molar-refractivity contribution is 0.0630. The van der Waals surface area contributed by atoms with Gasteiger partial charge in [0, 0.05) is 48.7 Å². The predicted octanol–water partition coefficient (Wildman–Crippen LogP) is 4.32. The van der Waals surface area contributed by atoms with E-state index in [1.165, 1.54) is 11.3 Å². The van der Waals surface area contributed by atoms with E-state index in [0.717, 1.165) is 59.5 Å². The minimum absolute atomic E-state index is 0.108. The molecule has 0 unspecified atom stereocenters. The number of nitrogens with zero attached hydrogens (tertiary/aromatic N) is 3. The van der Waals surface area contributed by atoms with Gasteiger partial charge in [-0.05, 0) is 36.8 Å². The Balaban J connectivity index is 1.36. The first-order valence-corrected chi connectivity index (χ1v) is 10.1. The Kier molecular flexibility index (Phi) is 5.29. The average Bonchev–Trinajstić information content (AvgIpc) is 3.32. The number of benzene rings is 1. The fourth-order valence-corrected chi connectivity index (χ4v) is 4.31. The molecule has 0 bridgehead atoms. The summed E-state index contributed by atoms with van der Waals surface area (Å²) in [6.07, 6.45) is 0. The zero-order valence-corrected chi connectivity index (χ0v) is 16.6. The second kappa shape index (κ2) is 7.84. The third-order valence-electron chi connectivity index (χ3n) is 4.67. The minimum atomic E-state index is 0.108. The number of carbonyl (C=O) groups excluding carboxylic acids is 1. The zero-order valence-electron chi connectivity index (χ0n) is 15.0. The van der Waals surface area contributed by atoms with Crippen LogP contribution >= 0.6 is 22.9 Å². The smallest absolute Gasteiger partial charge is 0.264 e. The maximum absolute atomic E-state index is 12.8. The highest BCUT2D eigenvalue weighted by molar-refractivity contribution is 7.17. The molecule has 2 aromatic heterocycles. The van der Waals surface area contributed by atoms with E-state index in [0.29, 0.717) is 5.02 Å². The fraction of sp³-hybridized carbons (Fsp3) is 0.300. The molecule has 3 heterocycles. The summed E-state index contributed by atoms with van der Waals surface area (Å²) in [6, 6.07) is 13.6. The van der Waals surface area contributed by atoms with Crippen LogP contribution in [0.1, 0.15) is 21.1 Å². The number of aryl methyl sites for hydroxylation is 1. The molecular formula is C20H20ClN3O2S. The van der Waals surface area contributed by atoms with Crippen molar-refractivity contribution >= 4 is 28.8 Å². The maximum atomic E-state index is 12.8. The van der Waals surface area contributed by atoms with E-state index in [1.807, 2.05) is 54.3 Å². The highest BCUT2D eigenvalue weighted by Crippen LogP contribution is 2.30. The van der Waals surface area contributed by atoms with E-state index < -0.39 is 0 Å². The van der Waals surface area contributed by atoms with Crippen molar-refractivity contribution in [3.63, 3.8) is 0 Å². The van der Waals surface area contributed by atoms with Crippen LogP contribution < -0.4 is 0 Å². The zero-order chi connectivity index (χ0) is 18.8. The Morgan fingerprint density at radius 2 is 1.89 bits per heavy atom. The number of amides is 1. The molecule has 1 fully saturated rings. The molecule has 0 radical (unpaired) electrons. The maximum Gasteiger partial charge on any atom is 0.264 e. The summed E-state index contributed by atoms with van der Waals surface area (Å²) in [5.74, 6) is 0.935. The number of aromatic nitrogens is 1. The van der Waals surface area contributed by atoms with Crippen molar-refractivity contribution in [3.8, 4) is 10.4 Å². The molecule has 3 aromatic rings. The Bertz CT molecular complexity index is 927. The predicted molar refractivity (Wildman–Crippen MR) is 107 cm³/mol. The first-order chi connectivity index (χ1) is 13.1. The molecule has 7 heteroatoms. The lowest BCUT2D eigenvalue weighted by atomic mass is 10.2. The first-order valence-electron chi connectivity index (χ1n) is 8.88. The van der Waals surface area contributed by atoms with Gasteiger partial charge in [0.25, 0.3) is 5.91 Å². The SMILES string of the molecule is Cc1cc(CN2CCN(C(=O)c3ccc(-c4ccc(Cl)cc4)s3)CC2)no1. The highest BCUT2D eigenvalue weighted by atomic mass is 35.5. The fourth-order valence-electron chi connectivity index (χ4n) is 3.21. The van der Waals surface area contributed by atoms with Gasteiger partial charge < -0.3 is 9.42 Å². The molecule has 0 atom stereocenters. The minimum Gasteiger partial charge on any atom is -0.361 e. The molecule has 5 nitrogen and oxygen atoms in total. The van der Waals surface area contributed by atoms with Crippen molar-refractivity contribution in [3.05, 3.63) is 63.8 Å². The number of hydrogen-bond acceptors (Lipinski definition) is 5. The highest BCUT2D eigenvalue weighted by Gasteiger charge is 2.24. The number of thiophene rings is 1. The van der Waals surface area contributed by atoms with Crippen molar-refractivity contribution in [2.24, 2.45) is 0 Å². The third kappa shape index (κ3) is 4.24. The average molecular weight is 402 g/mol. The summed E-state index contributed by atoms with van der Waals surface area (Å²) >= 11 is 7.48. The van der Waals surface area contributed by atoms with E-state index in [2.05, 4.69) is 10.1 Å². The van der Waals surface area contributed by atoms with Gasteiger partial charge in [0.1, 0.15) is 5.76 Å². The molecule has 27 heavy (non-hydrogen) atoms. The van der Waals surface area contributed by atoms with Crippen molar-refractivity contribution in [2.45, 2.75) is 13.5 Å².